The van der Waals surface area contributed by atoms with Crippen LogP contribution in [-0.4, -0.2) is 10.8 Å². The van der Waals surface area contributed by atoms with E-state index >= 15 is 0 Å². The number of para-hydroxylation sites is 1. The molecule has 23 heavy (non-hydrogen) atoms. The lowest BCUT2D eigenvalue weighted by Crippen LogP contribution is -2.11. The van der Waals surface area contributed by atoms with Gasteiger partial charge < -0.3 is 5.73 Å². The van der Waals surface area contributed by atoms with Crippen LogP contribution in [0.1, 0.15) is 42.4 Å². The molecule has 0 aliphatic heterocycles. The van der Waals surface area contributed by atoms with Crippen LogP contribution in [0.4, 0.5) is 5.69 Å². The molecule has 0 bridgehead atoms. The molecular formula is C20H20N2O. The van der Waals surface area contributed by atoms with Gasteiger partial charge in [-0.15, -0.1) is 0 Å². The molecule has 0 amide bonds. The van der Waals surface area contributed by atoms with E-state index in [9.17, 15) is 4.79 Å². The van der Waals surface area contributed by atoms with Gasteiger partial charge in [0.2, 0.25) is 5.78 Å². The van der Waals surface area contributed by atoms with Crippen molar-refractivity contribution in [3.05, 3.63) is 71.4 Å². The molecule has 3 nitrogen and oxygen atoms in total. The highest BCUT2D eigenvalue weighted by molar-refractivity contribution is 6.09. The maximum Gasteiger partial charge on any atom is 0.211 e. The normalized spacial score (nSPS) is 11.6. The molecule has 0 fully saturated rings. The molecule has 1 aromatic heterocycles. The van der Waals surface area contributed by atoms with Crippen LogP contribution < -0.4 is 5.73 Å². The Balaban J connectivity index is 1.98. The summed E-state index contributed by atoms with van der Waals surface area (Å²) >= 11 is 0. The van der Waals surface area contributed by atoms with E-state index < -0.39 is 0 Å². The summed E-state index contributed by atoms with van der Waals surface area (Å²) < 4.78 is 0. The number of hydrogen-bond donors (Lipinski definition) is 1. The molecule has 2 N–H and O–H groups in total. The molecule has 3 rings (SSSR count). The quantitative estimate of drug-likeness (QED) is 0.566. The minimum atomic E-state index is -0.0874. The van der Waals surface area contributed by atoms with Gasteiger partial charge >= 0.3 is 0 Å². The van der Waals surface area contributed by atoms with E-state index in [4.69, 9.17) is 5.73 Å². The molecule has 3 aromatic rings. The van der Waals surface area contributed by atoms with Crippen LogP contribution in [0.15, 0.2) is 54.6 Å². The Labute approximate surface area is 136 Å². The predicted octanol–water partition coefficient (Wildman–Crippen LogP) is 4.35. The smallest absolute Gasteiger partial charge is 0.211 e. The molecule has 0 atom stereocenters. The summed E-state index contributed by atoms with van der Waals surface area (Å²) in [4.78, 5) is 17.1. The summed E-state index contributed by atoms with van der Waals surface area (Å²) in [6, 6.07) is 17.0. The van der Waals surface area contributed by atoms with Crippen molar-refractivity contribution < 1.29 is 4.79 Å². The number of benzene rings is 2. The van der Waals surface area contributed by atoms with Gasteiger partial charge in [-0.3, -0.25) is 4.79 Å². The van der Waals surface area contributed by atoms with Crippen LogP contribution >= 0.6 is 0 Å². The predicted molar refractivity (Wildman–Crippen MR) is 94.7 cm³/mol. The second-order valence-corrected chi connectivity index (χ2v) is 6.77. The summed E-state index contributed by atoms with van der Waals surface area (Å²) in [7, 11) is 0. The Hall–Kier alpha value is -2.68. The Morgan fingerprint density at radius 1 is 0.957 bits per heavy atom. The Kier molecular flexibility index (Phi) is 3.64. The molecule has 3 heteroatoms. The zero-order valence-electron chi connectivity index (χ0n) is 13.6. The molecule has 2 aromatic carbocycles. The summed E-state index contributed by atoms with van der Waals surface area (Å²) in [5, 5.41) is 0.935. The standard InChI is InChI=1S/C20H20N2O/c1-20(2,3)15-10-7-14(8-11-15)19(23)17-12-9-13-5-4-6-16(21)18(13)22-17/h4-12H,21H2,1-3H3. The number of carbonyl (C=O) groups excluding carboxylic acids is 1. The third kappa shape index (κ3) is 2.95. The number of nitrogen functional groups attached to an aromatic ring is 1. The number of carbonyl (C=O) groups is 1. The molecule has 0 saturated carbocycles. The number of ketones is 1. The lowest BCUT2D eigenvalue weighted by atomic mass is 9.86. The highest BCUT2D eigenvalue weighted by Gasteiger charge is 2.16. The molecule has 0 aliphatic rings. The molecule has 0 unspecified atom stereocenters. The summed E-state index contributed by atoms with van der Waals surface area (Å²) in [5.41, 5.74) is 9.53. The zero-order chi connectivity index (χ0) is 16.6. The largest absolute Gasteiger partial charge is 0.397 e. The van der Waals surface area contributed by atoms with Crippen LogP contribution in [0.5, 0.6) is 0 Å². The van der Waals surface area contributed by atoms with Crippen LogP contribution in [-0.2, 0) is 5.41 Å². The van der Waals surface area contributed by atoms with Crippen molar-refractivity contribution in [3.8, 4) is 0 Å². The average molecular weight is 304 g/mol. The molecule has 116 valence electrons. The van der Waals surface area contributed by atoms with Gasteiger partial charge in [-0.2, -0.15) is 0 Å². The van der Waals surface area contributed by atoms with Crippen LogP contribution in [0.25, 0.3) is 10.9 Å². The van der Waals surface area contributed by atoms with Crippen molar-refractivity contribution >= 4 is 22.4 Å². The summed E-state index contributed by atoms with van der Waals surface area (Å²) in [6.45, 7) is 6.45. The van der Waals surface area contributed by atoms with Gasteiger partial charge in [0.1, 0.15) is 5.69 Å². The monoisotopic (exact) mass is 304 g/mol. The minimum Gasteiger partial charge on any atom is -0.397 e. The second kappa shape index (κ2) is 5.51. The van der Waals surface area contributed by atoms with E-state index in [0.717, 1.165) is 5.39 Å². The van der Waals surface area contributed by atoms with Gasteiger partial charge in [0.05, 0.1) is 11.2 Å². The van der Waals surface area contributed by atoms with Gasteiger partial charge in [-0.05, 0) is 23.1 Å². The van der Waals surface area contributed by atoms with E-state index in [1.807, 2.05) is 42.5 Å². The molecule has 0 aliphatic carbocycles. The Morgan fingerprint density at radius 2 is 1.65 bits per heavy atom. The molecule has 0 radical (unpaired) electrons. The first-order chi connectivity index (χ1) is 10.9. The molecule has 0 saturated heterocycles. The number of nitrogens with zero attached hydrogens (tertiary/aromatic N) is 1. The summed E-state index contributed by atoms with van der Waals surface area (Å²) in [6.07, 6.45) is 0. The van der Waals surface area contributed by atoms with Crippen molar-refractivity contribution in [1.82, 2.24) is 4.98 Å². The van der Waals surface area contributed by atoms with Crippen LogP contribution in [0, 0.1) is 0 Å². The van der Waals surface area contributed by atoms with Gasteiger partial charge in [0.25, 0.3) is 0 Å². The number of aromatic nitrogens is 1. The number of pyridine rings is 1. The van der Waals surface area contributed by atoms with Crippen LogP contribution in [0.3, 0.4) is 0 Å². The van der Waals surface area contributed by atoms with E-state index in [0.29, 0.717) is 22.5 Å². The maximum atomic E-state index is 12.7. The van der Waals surface area contributed by atoms with Crippen molar-refractivity contribution in [3.63, 3.8) is 0 Å². The van der Waals surface area contributed by atoms with Gasteiger partial charge in [-0.25, -0.2) is 4.98 Å². The van der Waals surface area contributed by atoms with E-state index in [-0.39, 0.29) is 11.2 Å². The average Bonchev–Trinajstić information content (AvgIpc) is 2.54. The fourth-order valence-electron chi connectivity index (χ4n) is 2.57. The first kappa shape index (κ1) is 15.2. The van der Waals surface area contributed by atoms with E-state index in [2.05, 4.69) is 25.8 Å². The van der Waals surface area contributed by atoms with Gasteiger partial charge in [0.15, 0.2) is 0 Å². The third-order valence-corrected chi connectivity index (χ3v) is 4.00. The number of fused-ring (bicyclic) bond motifs is 1. The van der Waals surface area contributed by atoms with Gasteiger partial charge in [-0.1, -0.05) is 63.2 Å². The maximum absolute atomic E-state index is 12.7. The van der Waals surface area contributed by atoms with Crippen molar-refractivity contribution in [2.75, 3.05) is 5.73 Å². The van der Waals surface area contributed by atoms with Crippen molar-refractivity contribution in [2.45, 2.75) is 26.2 Å². The molecule has 0 spiro atoms. The number of hydrogen-bond acceptors (Lipinski definition) is 3. The SMILES string of the molecule is CC(C)(C)c1ccc(C(=O)c2ccc3cccc(N)c3n2)cc1. The number of nitrogens with two attached hydrogens (primary N) is 1. The highest BCUT2D eigenvalue weighted by Crippen LogP contribution is 2.24. The zero-order valence-corrected chi connectivity index (χ0v) is 13.6. The first-order valence-electron chi connectivity index (χ1n) is 7.67. The van der Waals surface area contributed by atoms with E-state index in [1.165, 1.54) is 5.56 Å². The molecular weight excluding hydrogens is 284 g/mol. The van der Waals surface area contributed by atoms with Crippen LogP contribution in [0.2, 0.25) is 0 Å². The lowest BCUT2D eigenvalue weighted by molar-refractivity contribution is 0.103. The van der Waals surface area contributed by atoms with Gasteiger partial charge in [0, 0.05) is 10.9 Å². The highest BCUT2D eigenvalue weighted by atomic mass is 16.1. The third-order valence-electron chi connectivity index (χ3n) is 4.00. The molecule has 1 heterocycles. The fourth-order valence-corrected chi connectivity index (χ4v) is 2.57. The number of rotatable bonds is 2. The topological polar surface area (TPSA) is 56.0 Å². The Morgan fingerprint density at radius 3 is 2.30 bits per heavy atom. The first-order valence-corrected chi connectivity index (χ1v) is 7.67. The van der Waals surface area contributed by atoms with Crippen molar-refractivity contribution in [2.24, 2.45) is 0 Å². The van der Waals surface area contributed by atoms with E-state index in [1.54, 1.807) is 12.1 Å². The lowest BCUT2D eigenvalue weighted by Gasteiger charge is -2.18. The summed E-state index contributed by atoms with van der Waals surface area (Å²) in [5.74, 6) is -0.0874. The second-order valence-electron chi connectivity index (χ2n) is 6.77. The number of anilines is 1. The Bertz CT molecular complexity index is 874. The minimum absolute atomic E-state index is 0.0667. The fraction of sp³-hybridized carbons (Fsp3) is 0.200. The van der Waals surface area contributed by atoms with Crippen molar-refractivity contribution in [1.29, 1.82) is 0 Å².